The van der Waals surface area contributed by atoms with Gasteiger partial charge in [0, 0.05) is 17.9 Å². The highest BCUT2D eigenvalue weighted by atomic mass is 35.6. The Labute approximate surface area is 135 Å². The molecule has 0 aliphatic carbocycles. The van der Waals surface area contributed by atoms with Crippen LogP contribution in [0.2, 0.25) is 0 Å². The van der Waals surface area contributed by atoms with Crippen LogP contribution in [0.15, 0.2) is 36.1 Å². The van der Waals surface area contributed by atoms with Gasteiger partial charge >= 0.3 is 0 Å². The first-order chi connectivity index (χ1) is 9.25. The molecule has 108 valence electrons. The van der Waals surface area contributed by atoms with Crippen molar-refractivity contribution in [3.63, 3.8) is 0 Å². The van der Waals surface area contributed by atoms with Gasteiger partial charge in [-0.3, -0.25) is 4.79 Å². The summed E-state index contributed by atoms with van der Waals surface area (Å²) in [4.78, 5) is 12.2. The highest BCUT2D eigenvalue weighted by Gasteiger charge is 2.34. The highest BCUT2D eigenvalue weighted by molar-refractivity contribution is 7.13. The minimum absolute atomic E-state index is 0.406. The van der Waals surface area contributed by atoms with Crippen LogP contribution >= 0.6 is 44.2 Å². The number of rotatable bonds is 2. The molecule has 1 unspecified atom stereocenters. The normalized spacial score (nSPS) is 15.9. The summed E-state index contributed by atoms with van der Waals surface area (Å²) in [6.45, 7) is 7.01. The maximum atomic E-state index is 12.2. The van der Waals surface area contributed by atoms with Gasteiger partial charge in [0.15, 0.2) is 0 Å². The molecule has 0 N–H and O–H groups in total. The third kappa shape index (κ3) is 2.92. The van der Waals surface area contributed by atoms with Crippen molar-refractivity contribution in [1.29, 1.82) is 0 Å². The molecule has 0 saturated carbocycles. The molecular formula is C13H14Cl3N2OP. The van der Waals surface area contributed by atoms with Gasteiger partial charge in [0.25, 0.3) is 3.79 Å². The van der Waals surface area contributed by atoms with Crippen molar-refractivity contribution in [1.82, 2.24) is 9.24 Å². The molecule has 0 spiro atoms. The molecule has 1 aliphatic heterocycles. The Morgan fingerprint density at radius 3 is 2.60 bits per heavy atom. The van der Waals surface area contributed by atoms with Crippen molar-refractivity contribution in [2.75, 3.05) is 0 Å². The number of hydrogen-bond acceptors (Lipinski definition) is 2. The van der Waals surface area contributed by atoms with Crippen LogP contribution in [0.5, 0.6) is 0 Å². The Morgan fingerprint density at radius 2 is 2.05 bits per heavy atom. The predicted molar refractivity (Wildman–Crippen MR) is 87.2 cm³/mol. The number of fused-ring (bicyclic) bond motifs is 1. The third-order valence-electron chi connectivity index (χ3n) is 3.23. The fraction of sp³-hybridized carbons (Fsp3) is 0.308. The largest absolute Gasteiger partial charge is 0.350 e. The van der Waals surface area contributed by atoms with Crippen LogP contribution in [-0.4, -0.2) is 18.8 Å². The van der Waals surface area contributed by atoms with Gasteiger partial charge in [0.05, 0.1) is 12.2 Å². The molecule has 20 heavy (non-hydrogen) atoms. The van der Waals surface area contributed by atoms with Crippen molar-refractivity contribution in [3.8, 4) is 0 Å². The minimum atomic E-state index is -1.94. The Balaban J connectivity index is 2.49. The molecule has 0 fully saturated rings. The third-order valence-corrected chi connectivity index (χ3v) is 4.20. The molecule has 0 saturated heterocycles. The Kier molecular flexibility index (Phi) is 4.56. The van der Waals surface area contributed by atoms with Crippen LogP contribution in [0.25, 0.3) is 0 Å². The molecule has 7 heteroatoms. The number of allylic oxidation sites excluding steroid dienone is 2. The number of halogens is 3. The van der Waals surface area contributed by atoms with E-state index < -0.39 is 9.58 Å². The first-order valence-electron chi connectivity index (χ1n) is 5.90. The molecule has 1 aliphatic rings. The number of hydrogen-bond donors (Lipinski definition) is 0. The number of ketones is 1. The first-order valence-corrected chi connectivity index (χ1v) is 7.55. The van der Waals surface area contributed by atoms with Crippen molar-refractivity contribution >= 4 is 50.0 Å². The zero-order valence-corrected chi connectivity index (χ0v) is 14.3. The van der Waals surface area contributed by atoms with E-state index >= 15 is 0 Å². The van der Waals surface area contributed by atoms with Crippen molar-refractivity contribution in [3.05, 3.63) is 47.4 Å². The van der Waals surface area contributed by atoms with E-state index in [-0.39, 0.29) is 0 Å². The van der Waals surface area contributed by atoms with E-state index in [2.05, 4.69) is 16.0 Å². The van der Waals surface area contributed by atoms with Crippen molar-refractivity contribution < 1.29 is 4.79 Å². The van der Waals surface area contributed by atoms with E-state index in [1.165, 1.54) is 0 Å². The van der Waals surface area contributed by atoms with Crippen LogP contribution in [0.3, 0.4) is 0 Å². The van der Waals surface area contributed by atoms with E-state index in [0.717, 1.165) is 17.0 Å². The molecule has 2 rings (SSSR count). The molecule has 2 heterocycles. The monoisotopic (exact) mass is 350 g/mol. The summed E-state index contributed by atoms with van der Waals surface area (Å²) in [5.41, 5.74) is 3.49. The van der Waals surface area contributed by atoms with Gasteiger partial charge < -0.3 is 9.24 Å². The Hall–Kier alpha value is -0.470. The number of Topliss-reactive ketones (excluding diaryl/α,β-unsaturated/α-hetero) is 1. The zero-order valence-electron chi connectivity index (χ0n) is 10.9. The standard InChI is InChI=1S/C13H14Cl3N2OP/c1-3-10-8(2)6-17-9(7-18(10)20)4-5-11(17)12(19)13(14,15)16/h3-5H,1,6-7,20H2,2H3. The first kappa shape index (κ1) is 15.9. The summed E-state index contributed by atoms with van der Waals surface area (Å²) in [6.07, 6.45) is 1.80. The highest BCUT2D eigenvalue weighted by Crippen LogP contribution is 2.33. The summed E-state index contributed by atoms with van der Waals surface area (Å²) in [5, 5.41) is 0. The molecular weight excluding hydrogens is 337 g/mol. The number of carbonyl (C=O) groups is 1. The average molecular weight is 352 g/mol. The average Bonchev–Trinajstić information content (AvgIpc) is 2.65. The number of aromatic nitrogens is 1. The molecule has 0 bridgehead atoms. The molecule has 1 aromatic heterocycles. The molecule has 3 nitrogen and oxygen atoms in total. The van der Waals surface area contributed by atoms with Gasteiger partial charge in [-0.1, -0.05) is 41.4 Å². The lowest BCUT2D eigenvalue weighted by Gasteiger charge is -2.18. The van der Waals surface area contributed by atoms with E-state index in [9.17, 15) is 4.79 Å². The lowest BCUT2D eigenvalue weighted by molar-refractivity contribution is 0.0987. The summed E-state index contributed by atoms with van der Waals surface area (Å²) in [6, 6.07) is 3.57. The van der Waals surface area contributed by atoms with E-state index in [4.69, 9.17) is 34.8 Å². The second-order valence-corrected chi connectivity index (χ2v) is 7.53. The lowest BCUT2D eigenvalue weighted by atomic mass is 10.2. The SMILES string of the molecule is C=CC1=C(C)Cn2c(ccc2C(=O)C(Cl)(Cl)Cl)CN1P. The van der Waals surface area contributed by atoms with Crippen LogP contribution < -0.4 is 0 Å². The van der Waals surface area contributed by atoms with Gasteiger partial charge in [0.1, 0.15) is 0 Å². The lowest BCUT2D eigenvalue weighted by Crippen LogP contribution is -2.23. The summed E-state index contributed by atoms with van der Waals surface area (Å²) < 4.78 is 1.94. The van der Waals surface area contributed by atoms with Crippen molar-refractivity contribution in [2.45, 2.75) is 23.8 Å². The topological polar surface area (TPSA) is 25.2 Å². The fourth-order valence-electron chi connectivity index (χ4n) is 2.29. The Bertz CT molecular complexity index is 601. The van der Waals surface area contributed by atoms with Crippen LogP contribution in [0, 0.1) is 0 Å². The van der Waals surface area contributed by atoms with Gasteiger partial charge in [-0.25, -0.2) is 0 Å². The van der Waals surface area contributed by atoms with Crippen LogP contribution in [-0.2, 0) is 13.1 Å². The smallest absolute Gasteiger partial charge is 0.255 e. The quantitative estimate of drug-likeness (QED) is 0.455. The maximum absolute atomic E-state index is 12.2. The van der Waals surface area contributed by atoms with Gasteiger partial charge in [-0.05, 0) is 40.1 Å². The maximum Gasteiger partial charge on any atom is 0.255 e. The van der Waals surface area contributed by atoms with Gasteiger partial charge in [-0.2, -0.15) is 0 Å². The van der Waals surface area contributed by atoms with Gasteiger partial charge in [0.2, 0.25) is 5.78 Å². The summed E-state index contributed by atoms with van der Waals surface area (Å²) in [5.74, 6) is -0.515. The van der Waals surface area contributed by atoms with Gasteiger partial charge in [-0.15, -0.1) is 0 Å². The molecule has 1 atom stereocenters. The second-order valence-electron chi connectivity index (χ2n) is 4.62. The summed E-state index contributed by atoms with van der Waals surface area (Å²) >= 11 is 17.1. The molecule has 0 amide bonds. The molecule has 0 radical (unpaired) electrons. The second kappa shape index (κ2) is 5.73. The predicted octanol–water partition coefficient (Wildman–Crippen LogP) is 4.11. The van der Waals surface area contributed by atoms with Crippen molar-refractivity contribution in [2.24, 2.45) is 0 Å². The fourth-order valence-corrected chi connectivity index (χ4v) is 3.10. The minimum Gasteiger partial charge on any atom is -0.350 e. The summed E-state index contributed by atoms with van der Waals surface area (Å²) in [7, 11) is 2.65. The van der Waals surface area contributed by atoms with Crippen LogP contribution in [0.1, 0.15) is 23.1 Å². The number of alkyl halides is 3. The number of carbonyl (C=O) groups excluding carboxylic acids is 1. The zero-order chi connectivity index (χ0) is 15.1. The van der Waals surface area contributed by atoms with E-state index in [0.29, 0.717) is 18.8 Å². The van der Waals surface area contributed by atoms with Crippen LogP contribution in [0.4, 0.5) is 0 Å². The molecule has 1 aromatic rings. The number of nitrogens with zero attached hydrogens (tertiary/aromatic N) is 2. The molecule has 0 aromatic carbocycles. The van der Waals surface area contributed by atoms with E-state index in [1.54, 1.807) is 12.1 Å². The van der Waals surface area contributed by atoms with E-state index in [1.807, 2.05) is 22.2 Å². The Morgan fingerprint density at radius 1 is 1.40 bits per heavy atom.